The molecular formula is C14H26N2O4S. The molecule has 1 N–H and O–H groups in total. The van der Waals surface area contributed by atoms with E-state index in [0.717, 1.165) is 25.7 Å². The molecule has 0 radical (unpaired) electrons. The standard InChI is InChI=1S/C14H26N2O4S/c1-3-16-12-6-4-5-7-14(12,8-11-21(16,18)19)13(17)15-9-10-20-2/h12H,3-11H2,1-2H3,(H,15,17)/t12-,14-/m1/s1. The quantitative estimate of drug-likeness (QED) is 0.758. The van der Waals surface area contributed by atoms with E-state index in [1.807, 2.05) is 6.92 Å². The summed E-state index contributed by atoms with van der Waals surface area (Å²) in [6.07, 6.45) is 3.98. The fraction of sp³-hybridized carbons (Fsp3) is 0.929. The molecule has 1 heterocycles. The fourth-order valence-corrected chi connectivity index (χ4v) is 5.74. The van der Waals surface area contributed by atoms with E-state index in [-0.39, 0.29) is 17.7 Å². The van der Waals surface area contributed by atoms with Gasteiger partial charge in [0.2, 0.25) is 15.9 Å². The molecule has 21 heavy (non-hydrogen) atoms. The topological polar surface area (TPSA) is 75.7 Å². The molecule has 1 aliphatic heterocycles. The number of nitrogens with one attached hydrogen (secondary N) is 1. The van der Waals surface area contributed by atoms with Crippen molar-refractivity contribution in [2.24, 2.45) is 5.41 Å². The van der Waals surface area contributed by atoms with Crippen LogP contribution in [0.3, 0.4) is 0 Å². The van der Waals surface area contributed by atoms with E-state index < -0.39 is 15.4 Å². The Kier molecular flexibility index (Phi) is 5.27. The predicted molar refractivity (Wildman–Crippen MR) is 80.4 cm³/mol. The number of nitrogens with zero attached hydrogens (tertiary/aromatic N) is 1. The second kappa shape index (κ2) is 6.62. The minimum absolute atomic E-state index is 0.00222. The highest BCUT2D eigenvalue weighted by molar-refractivity contribution is 7.89. The average Bonchev–Trinajstić information content (AvgIpc) is 2.47. The number of amides is 1. The SMILES string of the molecule is CCN1[C@@H]2CCCC[C@@]2(C(=O)NCCOC)CCS1(=O)=O. The summed E-state index contributed by atoms with van der Waals surface area (Å²) in [4.78, 5) is 12.7. The Labute approximate surface area is 127 Å². The summed E-state index contributed by atoms with van der Waals surface area (Å²) >= 11 is 0. The molecule has 1 aliphatic carbocycles. The molecule has 2 rings (SSSR count). The molecule has 0 spiro atoms. The molecule has 1 saturated carbocycles. The van der Waals surface area contributed by atoms with E-state index in [1.54, 1.807) is 11.4 Å². The highest BCUT2D eigenvalue weighted by Crippen LogP contribution is 2.46. The van der Waals surface area contributed by atoms with Crippen LogP contribution >= 0.6 is 0 Å². The number of carbonyl (C=O) groups is 1. The van der Waals surface area contributed by atoms with Crippen molar-refractivity contribution in [2.75, 3.05) is 32.6 Å². The predicted octanol–water partition coefficient (Wildman–Crippen LogP) is 0.733. The summed E-state index contributed by atoms with van der Waals surface area (Å²) in [5.74, 6) is 0.0762. The first kappa shape index (κ1) is 16.7. The van der Waals surface area contributed by atoms with Crippen molar-refractivity contribution < 1.29 is 17.9 Å². The summed E-state index contributed by atoms with van der Waals surface area (Å²) in [5, 5.41) is 2.93. The van der Waals surface area contributed by atoms with Gasteiger partial charge in [0.05, 0.1) is 17.8 Å². The number of carbonyl (C=O) groups excluding carboxylic acids is 1. The zero-order valence-electron chi connectivity index (χ0n) is 12.9. The van der Waals surface area contributed by atoms with Gasteiger partial charge in [-0.05, 0) is 19.3 Å². The Morgan fingerprint density at radius 1 is 1.38 bits per heavy atom. The number of hydrogen-bond acceptors (Lipinski definition) is 4. The van der Waals surface area contributed by atoms with Crippen LogP contribution in [0.1, 0.15) is 39.0 Å². The van der Waals surface area contributed by atoms with Crippen LogP contribution in [0, 0.1) is 5.41 Å². The highest BCUT2D eigenvalue weighted by Gasteiger charge is 2.54. The molecule has 122 valence electrons. The van der Waals surface area contributed by atoms with Crippen molar-refractivity contribution in [1.29, 1.82) is 0 Å². The van der Waals surface area contributed by atoms with Crippen LogP contribution in [0.4, 0.5) is 0 Å². The number of hydrogen-bond donors (Lipinski definition) is 1. The summed E-state index contributed by atoms with van der Waals surface area (Å²) in [6.45, 7) is 3.25. The molecule has 0 aromatic heterocycles. The van der Waals surface area contributed by atoms with Crippen molar-refractivity contribution in [3.05, 3.63) is 0 Å². The second-order valence-electron chi connectivity index (χ2n) is 5.94. The van der Waals surface area contributed by atoms with E-state index >= 15 is 0 Å². The fourth-order valence-electron chi connectivity index (χ4n) is 3.79. The van der Waals surface area contributed by atoms with Gasteiger partial charge in [0.1, 0.15) is 0 Å². The van der Waals surface area contributed by atoms with Crippen LogP contribution in [0.25, 0.3) is 0 Å². The van der Waals surface area contributed by atoms with E-state index in [9.17, 15) is 13.2 Å². The van der Waals surface area contributed by atoms with Crippen LogP contribution < -0.4 is 5.32 Å². The van der Waals surface area contributed by atoms with E-state index in [1.165, 1.54) is 0 Å². The lowest BCUT2D eigenvalue weighted by atomic mass is 9.67. The third-order valence-electron chi connectivity index (χ3n) is 4.85. The van der Waals surface area contributed by atoms with Crippen molar-refractivity contribution in [1.82, 2.24) is 9.62 Å². The lowest BCUT2D eigenvalue weighted by Gasteiger charge is -2.50. The van der Waals surface area contributed by atoms with Gasteiger partial charge in [-0.15, -0.1) is 0 Å². The lowest BCUT2D eigenvalue weighted by Crippen LogP contribution is -2.62. The number of ether oxygens (including phenoxy) is 1. The van der Waals surface area contributed by atoms with Gasteiger partial charge in [-0.2, -0.15) is 4.31 Å². The Balaban J connectivity index is 2.23. The largest absolute Gasteiger partial charge is 0.383 e. The maximum atomic E-state index is 12.7. The molecule has 2 atom stereocenters. The van der Waals surface area contributed by atoms with E-state index in [2.05, 4.69) is 5.32 Å². The molecule has 0 bridgehead atoms. The van der Waals surface area contributed by atoms with E-state index in [0.29, 0.717) is 26.1 Å². The molecule has 7 heteroatoms. The maximum Gasteiger partial charge on any atom is 0.227 e. The first-order valence-electron chi connectivity index (χ1n) is 7.74. The minimum atomic E-state index is -3.21. The van der Waals surface area contributed by atoms with Crippen LogP contribution in [-0.4, -0.2) is 57.2 Å². The van der Waals surface area contributed by atoms with Gasteiger partial charge in [-0.1, -0.05) is 19.8 Å². The monoisotopic (exact) mass is 318 g/mol. The Morgan fingerprint density at radius 3 is 2.81 bits per heavy atom. The minimum Gasteiger partial charge on any atom is -0.383 e. The molecule has 1 amide bonds. The van der Waals surface area contributed by atoms with Gasteiger partial charge < -0.3 is 10.1 Å². The van der Waals surface area contributed by atoms with Gasteiger partial charge in [0.25, 0.3) is 0 Å². The van der Waals surface area contributed by atoms with Gasteiger partial charge in [0, 0.05) is 26.2 Å². The van der Waals surface area contributed by atoms with Gasteiger partial charge in [-0.3, -0.25) is 4.79 Å². The number of rotatable bonds is 5. The molecule has 6 nitrogen and oxygen atoms in total. The second-order valence-corrected chi connectivity index (χ2v) is 7.98. The normalized spacial score (nSPS) is 32.4. The molecule has 2 fully saturated rings. The third-order valence-corrected chi connectivity index (χ3v) is 6.80. The first-order valence-corrected chi connectivity index (χ1v) is 9.35. The van der Waals surface area contributed by atoms with Crippen LogP contribution in [-0.2, 0) is 19.6 Å². The zero-order chi connectivity index (χ0) is 15.5. The van der Waals surface area contributed by atoms with Crippen LogP contribution in [0.2, 0.25) is 0 Å². The Morgan fingerprint density at radius 2 is 2.14 bits per heavy atom. The number of fused-ring (bicyclic) bond motifs is 1. The lowest BCUT2D eigenvalue weighted by molar-refractivity contribution is -0.137. The summed E-state index contributed by atoms with van der Waals surface area (Å²) < 4.78 is 31.1. The summed E-state index contributed by atoms with van der Waals surface area (Å²) in [7, 11) is -1.62. The molecule has 1 saturated heterocycles. The maximum absolute atomic E-state index is 12.7. The third kappa shape index (κ3) is 3.10. The highest BCUT2D eigenvalue weighted by atomic mass is 32.2. The smallest absolute Gasteiger partial charge is 0.227 e. The number of methoxy groups -OCH3 is 1. The van der Waals surface area contributed by atoms with Crippen molar-refractivity contribution >= 4 is 15.9 Å². The number of sulfonamides is 1. The zero-order valence-corrected chi connectivity index (χ0v) is 13.7. The van der Waals surface area contributed by atoms with Crippen molar-refractivity contribution in [2.45, 2.75) is 45.1 Å². The van der Waals surface area contributed by atoms with Gasteiger partial charge in [0.15, 0.2) is 0 Å². The van der Waals surface area contributed by atoms with Crippen LogP contribution in [0.15, 0.2) is 0 Å². The van der Waals surface area contributed by atoms with Gasteiger partial charge >= 0.3 is 0 Å². The Hall–Kier alpha value is -0.660. The molecule has 0 aromatic rings. The summed E-state index contributed by atoms with van der Waals surface area (Å²) in [5.41, 5.74) is -0.548. The molecule has 2 aliphatic rings. The average molecular weight is 318 g/mol. The van der Waals surface area contributed by atoms with E-state index in [4.69, 9.17) is 4.74 Å². The molecule has 0 aromatic carbocycles. The molecule has 0 unspecified atom stereocenters. The molecular weight excluding hydrogens is 292 g/mol. The summed E-state index contributed by atoms with van der Waals surface area (Å²) in [6, 6.07) is -0.183. The van der Waals surface area contributed by atoms with Gasteiger partial charge in [-0.25, -0.2) is 8.42 Å². The van der Waals surface area contributed by atoms with Crippen LogP contribution in [0.5, 0.6) is 0 Å². The van der Waals surface area contributed by atoms with Crippen molar-refractivity contribution in [3.8, 4) is 0 Å². The van der Waals surface area contributed by atoms with Crippen molar-refractivity contribution in [3.63, 3.8) is 0 Å². The first-order chi connectivity index (χ1) is 9.98. The Bertz CT molecular complexity index is 479.